The Kier molecular flexibility index (Phi) is 8.06. The van der Waals surface area contributed by atoms with Crippen LogP contribution in [0.2, 0.25) is 0 Å². The number of nitrogens with one attached hydrogen (secondary N) is 1. The molecule has 0 aliphatic carbocycles. The van der Waals surface area contributed by atoms with Gasteiger partial charge in [0.25, 0.3) is 5.91 Å². The van der Waals surface area contributed by atoms with Crippen LogP contribution in [0.4, 0.5) is 0 Å². The van der Waals surface area contributed by atoms with E-state index in [4.69, 9.17) is 5.11 Å². The number of aliphatic hydroxyl groups excluding tert-OH is 1. The van der Waals surface area contributed by atoms with E-state index in [0.29, 0.717) is 12.0 Å². The Morgan fingerprint density at radius 1 is 1.48 bits per heavy atom. The molecule has 116 valence electrons. The Bertz CT molecular complexity index is 498. The third kappa shape index (κ3) is 6.30. The predicted molar refractivity (Wildman–Crippen MR) is 87.6 cm³/mol. The summed E-state index contributed by atoms with van der Waals surface area (Å²) >= 11 is 1.45. The summed E-state index contributed by atoms with van der Waals surface area (Å²) in [5.74, 6) is 5.75. The van der Waals surface area contributed by atoms with E-state index in [0.717, 1.165) is 24.5 Å². The SMILES string of the molecule is CCN(CC)CC(C)NC(=O)c1csc(C#CCCO)c1. The van der Waals surface area contributed by atoms with E-state index in [1.807, 2.05) is 12.3 Å². The van der Waals surface area contributed by atoms with Crippen molar-refractivity contribution in [2.75, 3.05) is 26.2 Å². The fourth-order valence-corrected chi connectivity index (χ4v) is 2.70. The molecule has 2 N–H and O–H groups in total. The van der Waals surface area contributed by atoms with E-state index in [-0.39, 0.29) is 18.6 Å². The van der Waals surface area contributed by atoms with Crippen LogP contribution in [0.25, 0.3) is 0 Å². The Hall–Kier alpha value is -1.35. The molecule has 0 saturated heterocycles. The molecule has 0 aromatic carbocycles. The number of thiophene rings is 1. The summed E-state index contributed by atoms with van der Waals surface area (Å²) in [6.45, 7) is 9.15. The second-order valence-corrected chi connectivity index (χ2v) is 5.75. The number of aliphatic hydroxyl groups is 1. The van der Waals surface area contributed by atoms with Crippen molar-refractivity contribution in [1.29, 1.82) is 0 Å². The normalized spacial score (nSPS) is 11.9. The molecule has 0 bridgehead atoms. The van der Waals surface area contributed by atoms with E-state index < -0.39 is 0 Å². The standard InChI is InChI=1S/C16H24N2O2S/c1-4-18(5-2)11-13(3)17-16(20)14-10-15(21-12-14)8-6-7-9-19/h10,12-13,19H,4-5,7,9,11H2,1-3H3,(H,17,20). The molecule has 0 saturated carbocycles. The Labute approximate surface area is 131 Å². The summed E-state index contributed by atoms with van der Waals surface area (Å²) in [7, 11) is 0. The average molecular weight is 308 g/mol. The van der Waals surface area contributed by atoms with Crippen molar-refractivity contribution < 1.29 is 9.90 Å². The smallest absolute Gasteiger partial charge is 0.252 e. The van der Waals surface area contributed by atoms with Gasteiger partial charge in [-0.05, 0) is 26.1 Å². The van der Waals surface area contributed by atoms with Gasteiger partial charge in [-0.15, -0.1) is 11.3 Å². The van der Waals surface area contributed by atoms with Crippen LogP contribution in [0.3, 0.4) is 0 Å². The second-order valence-electron chi connectivity index (χ2n) is 4.84. The van der Waals surface area contributed by atoms with Crippen LogP contribution in [0.1, 0.15) is 42.4 Å². The number of amides is 1. The maximum Gasteiger partial charge on any atom is 0.252 e. The Balaban J connectivity index is 2.54. The number of hydrogen-bond acceptors (Lipinski definition) is 4. The van der Waals surface area contributed by atoms with Crippen molar-refractivity contribution in [3.63, 3.8) is 0 Å². The minimum atomic E-state index is -0.0545. The van der Waals surface area contributed by atoms with Gasteiger partial charge in [0.15, 0.2) is 0 Å². The van der Waals surface area contributed by atoms with E-state index in [1.165, 1.54) is 11.3 Å². The average Bonchev–Trinajstić information content (AvgIpc) is 2.94. The molecule has 0 spiro atoms. The van der Waals surface area contributed by atoms with Gasteiger partial charge in [-0.3, -0.25) is 4.79 Å². The fraction of sp³-hybridized carbons (Fsp3) is 0.562. The quantitative estimate of drug-likeness (QED) is 0.757. The van der Waals surface area contributed by atoms with Crippen molar-refractivity contribution in [2.45, 2.75) is 33.2 Å². The van der Waals surface area contributed by atoms with Crippen LogP contribution >= 0.6 is 11.3 Å². The topological polar surface area (TPSA) is 52.6 Å². The second kappa shape index (κ2) is 9.56. The molecule has 0 aliphatic heterocycles. The molecule has 1 atom stereocenters. The maximum atomic E-state index is 12.1. The van der Waals surface area contributed by atoms with E-state index in [1.54, 1.807) is 6.07 Å². The van der Waals surface area contributed by atoms with Gasteiger partial charge in [0, 0.05) is 24.4 Å². The van der Waals surface area contributed by atoms with Crippen molar-refractivity contribution in [3.05, 3.63) is 21.9 Å². The van der Waals surface area contributed by atoms with Crippen molar-refractivity contribution >= 4 is 17.2 Å². The number of likely N-dealkylation sites (N-methyl/N-ethyl adjacent to an activating group) is 1. The molecule has 1 aromatic heterocycles. The Morgan fingerprint density at radius 2 is 2.19 bits per heavy atom. The number of hydrogen-bond donors (Lipinski definition) is 2. The first kappa shape index (κ1) is 17.7. The maximum absolute atomic E-state index is 12.1. The lowest BCUT2D eigenvalue weighted by atomic mass is 10.2. The third-order valence-corrected chi connectivity index (χ3v) is 3.96. The van der Waals surface area contributed by atoms with Crippen molar-refractivity contribution in [3.8, 4) is 11.8 Å². The first-order valence-corrected chi connectivity index (χ1v) is 8.20. The van der Waals surface area contributed by atoms with Gasteiger partial charge in [-0.2, -0.15) is 0 Å². The summed E-state index contributed by atoms with van der Waals surface area (Å²) in [4.78, 5) is 15.3. The highest BCUT2D eigenvalue weighted by atomic mass is 32.1. The lowest BCUT2D eigenvalue weighted by Gasteiger charge is -2.23. The molecule has 1 rings (SSSR count). The molecule has 1 heterocycles. The van der Waals surface area contributed by atoms with Gasteiger partial charge in [0.05, 0.1) is 17.0 Å². The molecule has 1 amide bonds. The number of carbonyl (C=O) groups excluding carboxylic acids is 1. The highest BCUT2D eigenvalue weighted by molar-refractivity contribution is 7.10. The van der Waals surface area contributed by atoms with Gasteiger partial charge in [-0.1, -0.05) is 25.7 Å². The summed E-state index contributed by atoms with van der Waals surface area (Å²) in [6, 6.07) is 1.91. The van der Waals surface area contributed by atoms with Gasteiger partial charge in [-0.25, -0.2) is 0 Å². The summed E-state index contributed by atoms with van der Waals surface area (Å²) < 4.78 is 0. The molecule has 1 aromatic rings. The zero-order valence-electron chi connectivity index (χ0n) is 13.0. The van der Waals surface area contributed by atoms with Crippen LogP contribution < -0.4 is 5.32 Å². The minimum Gasteiger partial charge on any atom is -0.395 e. The molecule has 0 aliphatic rings. The van der Waals surface area contributed by atoms with Crippen LogP contribution in [-0.2, 0) is 0 Å². The van der Waals surface area contributed by atoms with E-state index in [9.17, 15) is 4.79 Å². The summed E-state index contributed by atoms with van der Waals surface area (Å²) in [5, 5.41) is 13.5. The molecule has 4 nitrogen and oxygen atoms in total. The van der Waals surface area contributed by atoms with Crippen LogP contribution in [-0.4, -0.2) is 48.2 Å². The molecule has 0 fully saturated rings. The lowest BCUT2D eigenvalue weighted by molar-refractivity contribution is 0.0930. The Morgan fingerprint density at radius 3 is 2.81 bits per heavy atom. The van der Waals surface area contributed by atoms with Crippen LogP contribution in [0.15, 0.2) is 11.4 Å². The minimum absolute atomic E-state index is 0.0545. The van der Waals surface area contributed by atoms with Gasteiger partial charge >= 0.3 is 0 Å². The number of carbonyl (C=O) groups is 1. The lowest BCUT2D eigenvalue weighted by Crippen LogP contribution is -2.41. The molecule has 5 heteroatoms. The highest BCUT2D eigenvalue weighted by Gasteiger charge is 2.13. The van der Waals surface area contributed by atoms with Crippen molar-refractivity contribution in [1.82, 2.24) is 10.2 Å². The summed E-state index contributed by atoms with van der Waals surface area (Å²) in [6.07, 6.45) is 0.459. The third-order valence-electron chi connectivity index (χ3n) is 3.11. The van der Waals surface area contributed by atoms with E-state index >= 15 is 0 Å². The van der Waals surface area contributed by atoms with Gasteiger partial charge < -0.3 is 15.3 Å². The van der Waals surface area contributed by atoms with Crippen molar-refractivity contribution in [2.24, 2.45) is 0 Å². The number of nitrogens with zero attached hydrogens (tertiary/aromatic N) is 1. The number of rotatable bonds is 7. The predicted octanol–water partition coefficient (Wildman–Crippen LogP) is 1.94. The molecular formula is C16H24N2O2S. The zero-order valence-corrected chi connectivity index (χ0v) is 13.8. The molecule has 0 radical (unpaired) electrons. The summed E-state index contributed by atoms with van der Waals surface area (Å²) in [5.41, 5.74) is 0.652. The first-order chi connectivity index (χ1) is 10.1. The highest BCUT2D eigenvalue weighted by Crippen LogP contribution is 2.13. The first-order valence-electron chi connectivity index (χ1n) is 7.32. The van der Waals surface area contributed by atoms with Crippen LogP contribution in [0.5, 0.6) is 0 Å². The largest absolute Gasteiger partial charge is 0.395 e. The zero-order chi connectivity index (χ0) is 15.7. The monoisotopic (exact) mass is 308 g/mol. The molecule has 21 heavy (non-hydrogen) atoms. The fourth-order valence-electron chi connectivity index (χ4n) is 1.95. The van der Waals surface area contributed by atoms with E-state index in [2.05, 4.69) is 35.9 Å². The molecular weight excluding hydrogens is 284 g/mol. The van der Waals surface area contributed by atoms with Crippen LogP contribution in [0, 0.1) is 11.8 Å². The van der Waals surface area contributed by atoms with Gasteiger partial charge in [0.2, 0.25) is 0 Å². The van der Waals surface area contributed by atoms with Gasteiger partial charge in [0.1, 0.15) is 0 Å². The molecule has 1 unspecified atom stereocenters.